The van der Waals surface area contributed by atoms with Crippen molar-refractivity contribution in [2.45, 2.75) is 51.7 Å². The number of hydrogen-bond donors (Lipinski definition) is 2. The SMILES string of the molecule is CC[C@H](C)[C@@H](C(=O)O)N1CCC(CNC(=O)OCC2c3ccccc3-c3ccccc32)=C[C@H](Cc2ccc(OCc3ccccc3)cc2)C1=O. The molecular formula is C42H44N2O6. The van der Waals surface area contributed by atoms with Crippen LogP contribution in [0.3, 0.4) is 0 Å². The minimum absolute atomic E-state index is 0.0514. The highest BCUT2D eigenvalue weighted by Gasteiger charge is 2.37. The third-order valence-electron chi connectivity index (χ3n) is 9.91. The van der Waals surface area contributed by atoms with Crippen LogP contribution >= 0.6 is 0 Å². The summed E-state index contributed by atoms with van der Waals surface area (Å²) in [7, 11) is 0. The number of aliphatic carboxylic acids is 1. The first-order valence-corrected chi connectivity index (χ1v) is 17.4. The molecule has 4 aromatic carbocycles. The Morgan fingerprint density at radius 3 is 2.16 bits per heavy atom. The number of ether oxygens (including phenoxy) is 2. The van der Waals surface area contributed by atoms with Crippen LogP contribution in [0.25, 0.3) is 11.1 Å². The minimum atomic E-state index is -1.01. The van der Waals surface area contributed by atoms with Crippen molar-refractivity contribution in [3.63, 3.8) is 0 Å². The molecule has 0 bridgehead atoms. The molecule has 258 valence electrons. The Kier molecular flexibility index (Phi) is 11.0. The Morgan fingerprint density at radius 1 is 0.880 bits per heavy atom. The van der Waals surface area contributed by atoms with Gasteiger partial charge in [0.15, 0.2) is 0 Å². The van der Waals surface area contributed by atoms with Crippen molar-refractivity contribution in [3.8, 4) is 16.9 Å². The maximum Gasteiger partial charge on any atom is 0.407 e. The Hall–Kier alpha value is -5.37. The molecule has 6 rings (SSSR count). The van der Waals surface area contributed by atoms with Gasteiger partial charge in [0.2, 0.25) is 5.91 Å². The molecule has 0 aromatic heterocycles. The first kappa shape index (κ1) is 34.5. The Balaban J connectivity index is 1.13. The molecule has 1 aliphatic heterocycles. The molecule has 0 unspecified atom stereocenters. The van der Waals surface area contributed by atoms with E-state index in [9.17, 15) is 19.5 Å². The number of nitrogens with zero attached hydrogens (tertiary/aromatic N) is 1. The van der Waals surface area contributed by atoms with E-state index in [1.165, 1.54) is 4.90 Å². The number of carboxylic acid groups (broad SMARTS) is 1. The second kappa shape index (κ2) is 15.9. The molecule has 0 spiro atoms. The van der Waals surface area contributed by atoms with Gasteiger partial charge in [-0.15, -0.1) is 0 Å². The van der Waals surface area contributed by atoms with E-state index in [2.05, 4.69) is 29.6 Å². The zero-order valence-corrected chi connectivity index (χ0v) is 28.6. The number of rotatable bonds is 13. The van der Waals surface area contributed by atoms with Crippen molar-refractivity contribution in [3.05, 3.63) is 137 Å². The van der Waals surface area contributed by atoms with Crippen LogP contribution in [0.2, 0.25) is 0 Å². The van der Waals surface area contributed by atoms with Crippen molar-refractivity contribution in [2.24, 2.45) is 11.8 Å². The summed E-state index contributed by atoms with van der Waals surface area (Å²) in [4.78, 5) is 41.1. The summed E-state index contributed by atoms with van der Waals surface area (Å²) in [6.45, 7) is 4.90. The zero-order valence-electron chi connectivity index (χ0n) is 28.6. The second-order valence-electron chi connectivity index (χ2n) is 13.2. The third-order valence-corrected chi connectivity index (χ3v) is 9.91. The molecule has 4 aromatic rings. The molecule has 1 heterocycles. The van der Waals surface area contributed by atoms with Gasteiger partial charge in [0.25, 0.3) is 0 Å². The molecule has 8 heteroatoms. The van der Waals surface area contributed by atoms with E-state index in [1.54, 1.807) is 0 Å². The predicted octanol–water partition coefficient (Wildman–Crippen LogP) is 7.62. The fraction of sp³-hybridized carbons (Fsp3) is 0.310. The average molecular weight is 673 g/mol. The fourth-order valence-electron chi connectivity index (χ4n) is 7.05. The summed E-state index contributed by atoms with van der Waals surface area (Å²) in [5, 5.41) is 13.1. The monoisotopic (exact) mass is 672 g/mol. The van der Waals surface area contributed by atoms with Crippen LogP contribution in [-0.4, -0.2) is 53.7 Å². The summed E-state index contributed by atoms with van der Waals surface area (Å²) >= 11 is 0. The molecule has 2 N–H and O–H groups in total. The summed E-state index contributed by atoms with van der Waals surface area (Å²) < 4.78 is 11.7. The van der Waals surface area contributed by atoms with Gasteiger partial charge >= 0.3 is 12.1 Å². The number of alkyl carbamates (subject to hydrolysis) is 1. The minimum Gasteiger partial charge on any atom is -0.489 e. The van der Waals surface area contributed by atoms with Gasteiger partial charge in [-0.1, -0.05) is 123 Å². The van der Waals surface area contributed by atoms with Crippen LogP contribution < -0.4 is 10.1 Å². The standard InChI is InChI=1S/C42H44N2O6/c1-3-28(2)39(41(46)47)44-22-21-31(24-32(40(44)45)23-29-17-19-33(20-18-29)49-26-30-11-5-4-6-12-30)25-43-42(48)50-27-38-36-15-9-7-13-34(36)35-14-8-10-16-37(35)38/h4-20,24,28,32,38-39H,3,21-23,25-27H2,1-2H3,(H,43,48)(H,46,47)/t28-,32-,39-/m0/s1. The summed E-state index contributed by atoms with van der Waals surface area (Å²) in [5.74, 6) is -1.38. The van der Waals surface area contributed by atoms with Crippen LogP contribution in [0.5, 0.6) is 5.75 Å². The van der Waals surface area contributed by atoms with E-state index in [0.717, 1.165) is 44.7 Å². The molecule has 0 saturated heterocycles. The Bertz CT molecular complexity index is 1790. The molecule has 1 aliphatic carbocycles. The van der Waals surface area contributed by atoms with E-state index >= 15 is 0 Å². The molecule has 0 saturated carbocycles. The van der Waals surface area contributed by atoms with Gasteiger partial charge in [-0.2, -0.15) is 0 Å². The quantitative estimate of drug-likeness (QED) is 0.142. The van der Waals surface area contributed by atoms with E-state index in [-0.39, 0.29) is 37.4 Å². The lowest BCUT2D eigenvalue weighted by Crippen LogP contribution is -2.50. The maximum atomic E-state index is 14.1. The maximum absolute atomic E-state index is 14.1. The largest absolute Gasteiger partial charge is 0.489 e. The van der Waals surface area contributed by atoms with Crippen LogP contribution in [0.1, 0.15) is 54.9 Å². The van der Waals surface area contributed by atoms with E-state index < -0.39 is 24.0 Å². The van der Waals surface area contributed by atoms with E-state index in [4.69, 9.17) is 9.47 Å². The number of nitrogens with one attached hydrogen (secondary N) is 1. The van der Waals surface area contributed by atoms with Gasteiger partial charge in [-0.25, -0.2) is 9.59 Å². The first-order valence-electron chi connectivity index (χ1n) is 17.4. The smallest absolute Gasteiger partial charge is 0.407 e. The van der Waals surface area contributed by atoms with Gasteiger partial charge in [0.05, 0.1) is 5.92 Å². The predicted molar refractivity (Wildman–Crippen MR) is 193 cm³/mol. The highest BCUT2D eigenvalue weighted by Crippen LogP contribution is 2.44. The number of fused-ring (bicyclic) bond motifs is 3. The van der Waals surface area contributed by atoms with Crippen molar-refractivity contribution in [1.29, 1.82) is 0 Å². The molecule has 3 atom stereocenters. The van der Waals surface area contributed by atoms with Crippen molar-refractivity contribution < 1.29 is 29.0 Å². The van der Waals surface area contributed by atoms with Gasteiger partial charge < -0.3 is 24.8 Å². The fourth-order valence-corrected chi connectivity index (χ4v) is 7.05. The number of benzene rings is 4. The van der Waals surface area contributed by atoms with Gasteiger partial charge in [-0.3, -0.25) is 4.79 Å². The van der Waals surface area contributed by atoms with Crippen LogP contribution in [0, 0.1) is 11.8 Å². The number of carbonyl (C=O) groups is 3. The number of amides is 2. The van der Waals surface area contributed by atoms with Gasteiger partial charge in [-0.05, 0) is 64.3 Å². The summed E-state index contributed by atoms with van der Waals surface area (Å²) in [6.07, 6.45) is 2.82. The Labute approximate surface area is 293 Å². The molecule has 0 radical (unpaired) electrons. The van der Waals surface area contributed by atoms with Crippen LogP contribution in [0.4, 0.5) is 4.79 Å². The first-order chi connectivity index (χ1) is 24.3. The molecular weight excluding hydrogens is 628 g/mol. The van der Waals surface area contributed by atoms with Crippen LogP contribution in [-0.2, 0) is 27.4 Å². The number of carbonyl (C=O) groups excluding carboxylic acids is 2. The van der Waals surface area contributed by atoms with Gasteiger partial charge in [0, 0.05) is 19.0 Å². The second-order valence-corrected chi connectivity index (χ2v) is 13.2. The number of hydrogen-bond acceptors (Lipinski definition) is 5. The van der Waals surface area contributed by atoms with Gasteiger partial charge in [0.1, 0.15) is 25.0 Å². The molecule has 0 fully saturated rings. The van der Waals surface area contributed by atoms with Crippen molar-refractivity contribution >= 4 is 18.0 Å². The zero-order chi connectivity index (χ0) is 35.0. The molecule has 50 heavy (non-hydrogen) atoms. The normalized spacial score (nSPS) is 16.8. The Morgan fingerprint density at radius 2 is 1.52 bits per heavy atom. The lowest BCUT2D eigenvalue weighted by atomic mass is 9.93. The van der Waals surface area contributed by atoms with E-state index in [1.807, 2.05) is 98.8 Å². The summed E-state index contributed by atoms with van der Waals surface area (Å²) in [5.41, 5.74) is 7.45. The highest BCUT2D eigenvalue weighted by molar-refractivity contribution is 5.87. The van der Waals surface area contributed by atoms with Crippen LogP contribution in [0.15, 0.2) is 115 Å². The summed E-state index contributed by atoms with van der Waals surface area (Å²) in [6, 6.07) is 33.0. The molecule has 8 nitrogen and oxygen atoms in total. The highest BCUT2D eigenvalue weighted by atomic mass is 16.5. The van der Waals surface area contributed by atoms with Crippen molar-refractivity contribution in [1.82, 2.24) is 10.2 Å². The van der Waals surface area contributed by atoms with Crippen molar-refractivity contribution in [2.75, 3.05) is 19.7 Å². The molecule has 2 aliphatic rings. The number of carboxylic acids is 1. The van der Waals surface area contributed by atoms with E-state index in [0.29, 0.717) is 25.9 Å². The lowest BCUT2D eigenvalue weighted by molar-refractivity contribution is -0.153. The lowest BCUT2D eigenvalue weighted by Gasteiger charge is -2.33. The third kappa shape index (κ3) is 7.91. The molecule has 2 amide bonds. The average Bonchev–Trinajstić information content (AvgIpc) is 3.38. The topological polar surface area (TPSA) is 105 Å².